The van der Waals surface area contributed by atoms with Gasteiger partial charge in [-0.15, -0.1) is 0 Å². The molecule has 0 bridgehead atoms. The van der Waals surface area contributed by atoms with Crippen LogP contribution in [0.2, 0.25) is 0 Å². The Morgan fingerprint density at radius 3 is 2.70 bits per heavy atom. The number of hydrogen-bond donors (Lipinski definition) is 1. The van der Waals surface area contributed by atoms with E-state index in [0.717, 1.165) is 50.3 Å². The van der Waals surface area contributed by atoms with Crippen molar-refractivity contribution in [1.82, 2.24) is 9.97 Å². The molecule has 0 spiro atoms. The van der Waals surface area contributed by atoms with Crippen molar-refractivity contribution >= 4 is 44.3 Å². The number of rotatable bonds is 5. The molecule has 0 radical (unpaired) electrons. The third-order valence-electron chi connectivity index (χ3n) is 2.88. The summed E-state index contributed by atoms with van der Waals surface area (Å²) >= 11 is 5.82. The molecule has 2 rings (SSSR count). The smallest absolute Gasteiger partial charge is 0.161 e. The second-order valence-corrected chi connectivity index (χ2v) is 6.44. The van der Waals surface area contributed by atoms with E-state index in [4.69, 9.17) is 4.98 Å². The van der Waals surface area contributed by atoms with Crippen LogP contribution >= 0.6 is 38.5 Å². The Kier molecular flexibility index (Phi) is 5.77. The molecule has 0 saturated carbocycles. The van der Waals surface area contributed by atoms with Gasteiger partial charge in [0, 0.05) is 16.6 Å². The van der Waals surface area contributed by atoms with E-state index in [1.807, 2.05) is 24.3 Å². The third kappa shape index (κ3) is 3.69. The molecule has 1 aromatic heterocycles. The van der Waals surface area contributed by atoms with Gasteiger partial charge in [0.05, 0.1) is 9.26 Å². The second kappa shape index (κ2) is 7.36. The summed E-state index contributed by atoms with van der Waals surface area (Å²) in [4.78, 5) is 9.37. The summed E-state index contributed by atoms with van der Waals surface area (Å²) in [6, 6.07) is 8.10. The Bertz CT molecular complexity index is 602. The molecule has 1 heterocycles. The van der Waals surface area contributed by atoms with Gasteiger partial charge in [0.1, 0.15) is 5.82 Å². The van der Waals surface area contributed by atoms with Crippen LogP contribution in [-0.2, 0) is 6.42 Å². The molecule has 0 amide bonds. The van der Waals surface area contributed by atoms with Gasteiger partial charge >= 0.3 is 0 Å². The monoisotopic (exact) mass is 445 g/mol. The van der Waals surface area contributed by atoms with Gasteiger partial charge in [-0.05, 0) is 47.6 Å². The number of nitrogens with zero attached hydrogens (tertiary/aromatic N) is 2. The lowest BCUT2D eigenvalue weighted by Crippen LogP contribution is -2.08. The Morgan fingerprint density at radius 2 is 2.05 bits per heavy atom. The van der Waals surface area contributed by atoms with E-state index in [-0.39, 0.29) is 0 Å². The fourth-order valence-electron chi connectivity index (χ4n) is 1.85. The predicted molar refractivity (Wildman–Crippen MR) is 96.0 cm³/mol. The molecule has 2 aromatic rings. The summed E-state index contributed by atoms with van der Waals surface area (Å²) in [6.45, 7) is 5.20. The summed E-state index contributed by atoms with van der Waals surface area (Å²) < 4.78 is 2.16. The summed E-state index contributed by atoms with van der Waals surface area (Å²) in [5.41, 5.74) is 2.12. The van der Waals surface area contributed by atoms with Crippen LogP contribution in [0.15, 0.2) is 28.7 Å². The zero-order chi connectivity index (χ0) is 14.5. The van der Waals surface area contributed by atoms with Gasteiger partial charge in [-0.25, -0.2) is 9.97 Å². The standard InChI is InChI=1S/C15H17BrIN3/c1-3-8-18-15-13(17)12(4-2)19-14(20-15)10-6-5-7-11(16)9-10/h5-7,9H,3-4,8H2,1-2H3,(H,18,19,20). The SMILES string of the molecule is CCCNc1nc(-c2cccc(Br)c2)nc(CC)c1I. The van der Waals surface area contributed by atoms with Crippen LogP contribution in [0.25, 0.3) is 11.4 Å². The molecule has 20 heavy (non-hydrogen) atoms. The van der Waals surface area contributed by atoms with Gasteiger partial charge in [-0.1, -0.05) is 41.9 Å². The molecule has 1 N–H and O–H groups in total. The van der Waals surface area contributed by atoms with Crippen molar-refractivity contribution in [3.05, 3.63) is 38.0 Å². The Labute approximate surface area is 141 Å². The number of nitrogens with one attached hydrogen (secondary N) is 1. The summed E-state index contributed by atoms with van der Waals surface area (Å²) in [6.07, 6.45) is 1.98. The van der Waals surface area contributed by atoms with Crippen molar-refractivity contribution < 1.29 is 0 Å². The van der Waals surface area contributed by atoms with Gasteiger partial charge in [-0.3, -0.25) is 0 Å². The lowest BCUT2D eigenvalue weighted by atomic mass is 10.2. The van der Waals surface area contributed by atoms with Crippen LogP contribution in [-0.4, -0.2) is 16.5 Å². The normalized spacial score (nSPS) is 10.6. The van der Waals surface area contributed by atoms with Crippen molar-refractivity contribution in [2.75, 3.05) is 11.9 Å². The maximum atomic E-state index is 4.69. The van der Waals surface area contributed by atoms with Crippen LogP contribution < -0.4 is 5.32 Å². The van der Waals surface area contributed by atoms with Crippen LogP contribution in [0.4, 0.5) is 5.82 Å². The molecular weight excluding hydrogens is 429 g/mol. The molecule has 1 aromatic carbocycles. The lowest BCUT2D eigenvalue weighted by molar-refractivity contribution is 0.943. The second-order valence-electron chi connectivity index (χ2n) is 4.45. The maximum Gasteiger partial charge on any atom is 0.161 e. The van der Waals surface area contributed by atoms with E-state index in [0.29, 0.717) is 0 Å². The minimum atomic E-state index is 0.780. The fourth-order valence-corrected chi connectivity index (χ4v) is 3.06. The highest BCUT2D eigenvalue weighted by molar-refractivity contribution is 14.1. The molecule has 0 atom stereocenters. The van der Waals surface area contributed by atoms with Crippen LogP contribution in [0.5, 0.6) is 0 Å². The molecule has 0 aliphatic rings. The fraction of sp³-hybridized carbons (Fsp3) is 0.333. The van der Waals surface area contributed by atoms with Gasteiger partial charge in [0.25, 0.3) is 0 Å². The molecular formula is C15H17BrIN3. The van der Waals surface area contributed by atoms with E-state index in [1.54, 1.807) is 0 Å². The van der Waals surface area contributed by atoms with Gasteiger partial charge in [0.15, 0.2) is 5.82 Å². The van der Waals surface area contributed by atoms with Crippen molar-refractivity contribution in [3.8, 4) is 11.4 Å². The average Bonchev–Trinajstić information content (AvgIpc) is 2.46. The van der Waals surface area contributed by atoms with Gasteiger partial charge < -0.3 is 5.32 Å². The predicted octanol–water partition coefficient (Wildman–Crippen LogP) is 4.90. The highest BCUT2D eigenvalue weighted by Crippen LogP contribution is 2.26. The van der Waals surface area contributed by atoms with Crippen molar-refractivity contribution in [1.29, 1.82) is 0 Å². The quantitative estimate of drug-likeness (QED) is 0.665. The topological polar surface area (TPSA) is 37.8 Å². The highest BCUT2D eigenvalue weighted by atomic mass is 127. The number of anilines is 1. The van der Waals surface area contributed by atoms with E-state index >= 15 is 0 Å². The largest absolute Gasteiger partial charge is 0.369 e. The highest BCUT2D eigenvalue weighted by Gasteiger charge is 2.12. The Morgan fingerprint density at radius 1 is 1.25 bits per heavy atom. The van der Waals surface area contributed by atoms with Crippen molar-refractivity contribution in [2.24, 2.45) is 0 Å². The summed E-state index contributed by atoms with van der Waals surface area (Å²) in [5, 5.41) is 3.39. The molecule has 0 fully saturated rings. The maximum absolute atomic E-state index is 4.69. The van der Waals surface area contributed by atoms with Gasteiger partial charge in [0.2, 0.25) is 0 Å². The molecule has 106 valence electrons. The lowest BCUT2D eigenvalue weighted by Gasteiger charge is -2.12. The van der Waals surface area contributed by atoms with Crippen molar-refractivity contribution in [3.63, 3.8) is 0 Å². The zero-order valence-corrected chi connectivity index (χ0v) is 15.3. The third-order valence-corrected chi connectivity index (χ3v) is 4.51. The zero-order valence-electron chi connectivity index (χ0n) is 11.6. The van der Waals surface area contributed by atoms with Crippen LogP contribution in [0.3, 0.4) is 0 Å². The van der Waals surface area contributed by atoms with E-state index in [1.165, 1.54) is 0 Å². The molecule has 3 nitrogen and oxygen atoms in total. The van der Waals surface area contributed by atoms with Crippen LogP contribution in [0.1, 0.15) is 26.0 Å². The summed E-state index contributed by atoms with van der Waals surface area (Å²) in [7, 11) is 0. The Hall–Kier alpha value is -0.690. The first-order chi connectivity index (χ1) is 9.65. The summed E-state index contributed by atoms with van der Waals surface area (Å²) in [5.74, 6) is 1.72. The molecule has 0 unspecified atom stereocenters. The number of aromatic nitrogens is 2. The number of halogens is 2. The van der Waals surface area contributed by atoms with E-state index < -0.39 is 0 Å². The van der Waals surface area contributed by atoms with Gasteiger partial charge in [-0.2, -0.15) is 0 Å². The Balaban J connectivity index is 2.48. The number of benzene rings is 1. The minimum Gasteiger partial charge on any atom is -0.369 e. The first-order valence-electron chi connectivity index (χ1n) is 6.72. The minimum absolute atomic E-state index is 0.780. The molecule has 5 heteroatoms. The molecule has 0 aliphatic carbocycles. The molecule has 0 aliphatic heterocycles. The first kappa shape index (κ1) is 15.7. The number of hydrogen-bond acceptors (Lipinski definition) is 3. The van der Waals surface area contributed by atoms with E-state index in [9.17, 15) is 0 Å². The van der Waals surface area contributed by atoms with Crippen LogP contribution in [0, 0.1) is 3.57 Å². The number of aryl methyl sites for hydroxylation is 1. The van der Waals surface area contributed by atoms with Crippen molar-refractivity contribution in [2.45, 2.75) is 26.7 Å². The average molecular weight is 446 g/mol. The van der Waals surface area contributed by atoms with E-state index in [2.05, 4.69) is 62.7 Å². The molecule has 0 saturated heterocycles. The first-order valence-corrected chi connectivity index (χ1v) is 8.59.